The van der Waals surface area contributed by atoms with Crippen molar-refractivity contribution >= 4 is 23.4 Å². The van der Waals surface area contributed by atoms with Crippen molar-refractivity contribution in [2.75, 3.05) is 25.7 Å². The second-order valence-corrected chi connectivity index (χ2v) is 7.88. The molecule has 3 heterocycles. The molecule has 2 aliphatic rings. The quantitative estimate of drug-likeness (QED) is 0.652. The fraction of sp³-hybridized carbons (Fsp3) is 0.350. The SMILES string of the molecule is COc1c2n3c(c(C(=O)NCc4c(F)ccc(Cl)c4F)c1=O)C(O)CN3C(C)N(C)C2=O. The Kier molecular flexibility index (Phi) is 5.33. The van der Waals surface area contributed by atoms with E-state index in [1.54, 1.807) is 19.0 Å². The Bertz CT molecular complexity index is 1220. The molecule has 0 aliphatic carbocycles. The van der Waals surface area contributed by atoms with Gasteiger partial charge in [-0.25, -0.2) is 13.5 Å². The molecule has 1 aromatic heterocycles. The van der Waals surface area contributed by atoms with Crippen LogP contribution in [0.4, 0.5) is 8.78 Å². The van der Waals surface area contributed by atoms with Gasteiger partial charge in [0.05, 0.1) is 24.4 Å². The van der Waals surface area contributed by atoms with Crippen LogP contribution in [0.3, 0.4) is 0 Å². The van der Waals surface area contributed by atoms with Gasteiger partial charge in [0.2, 0.25) is 5.43 Å². The highest BCUT2D eigenvalue weighted by Crippen LogP contribution is 2.35. The number of methoxy groups -OCH3 is 1. The maximum atomic E-state index is 14.2. The summed E-state index contributed by atoms with van der Waals surface area (Å²) in [6, 6.07) is 1.99. The van der Waals surface area contributed by atoms with Crippen LogP contribution < -0.4 is 20.5 Å². The lowest BCUT2D eigenvalue weighted by molar-refractivity contribution is 0.0654. The average Bonchev–Trinajstić information content (AvgIpc) is 3.09. The van der Waals surface area contributed by atoms with Crippen molar-refractivity contribution in [3.63, 3.8) is 0 Å². The Labute approximate surface area is 185 Å². The van der Waals surface area contributed by atoms with Crippen LogP contribution >= 0.6 is 11.6 Å². The van der Waals surface area contributed by atoms with E-state index in [0.717, 1.165) is 12.1 Å². The number of pyridine rings is 1. The monoisotopic (exact) mass is 468 g/mol. The lowest BCUT2D eigenvalue weighted by Gasteiger charge is -2.41. The van der Waals surface area contributed by atoms with Crippen molar-refractivity contribution in [1.29, 1.82) is 0 Å². The molecule has 0 saturated heterocycles. The van der Waals surface area contributed by atoms with Crippen LogP contribution in [0.2, 0.25) is 5.02 Å². The largest absolute Gasteiger partial charge is 0.491 e. The number of carbonyl (C=O) groups excluding carboxylic acids is 2. The summed E-state index contributed by atoms with van der Waals surface area (Å²) in [7, 11) is 2.72. The topological polar surface area (TPSA) is 104 Å². The lowest BCUT2D eigenvalue weighted by Crippen LogP contribution is -2.57. The standard InChI is InChI=1S/C20H19ClF2N4O5/c1-8-25(2)20(31)16-18(32-3)17(29)13(15-12(28)7-26(8)27(15)16)19(30)24-6-9-11(22)5-4-10(21)14(9)23/h4-5,8,12,28H,6-7H2,1-3H3,(H,24,30). The van der Waals surface area contributed by atoms with Crippen LogP contribution in [0.1, 0.15) is 45.1 Å². The van der Waals surface area contributed by atoms with E-state index in [1.807, 2.05) is 0 Å². The van der Waals surface area contributed by atoms with E-state index in [2.05, 4.69) is 5.32 Å². The van der Waals surface area contributed by atoms with E-state index < -0.39 is 58.8 Å². The van der Waals surface area contributed by atoms with E-state index in [4.69, 9.17) is 16.3 Å². The van der Waals surface area contributed by atoms with Gasteiger partial charge < -0.3 is 20.1 Å². The van der Waals surface area contributed by atoms with Gasteiger partial charge in [-0.3, -0.25) is 19.4 Å². The third-order valence-corrected chi connectivity index (χ3v) is 6.08. The second kappa shape index (κ2) is 7.75. The lowest BCUT2D eigenvalue weighted by atomic mass is 10.1. The molecule has 170 valence electrons. The number of hydrogen-bond acceptors (Lipinski definition) is 6. The number of carbonyl (C=O) groups is 2. The van der Waals surface area contributed by atoms with Gasteiger partial charge in [-0.05, 0) is 19.1 Å². The number of rotatable bonds is 4. The number of ether oxygens (including phenoxy) is 1. The molecule has 0 fully saturated rings. The predicted molar refractivity (Wildman–Crippen MR) is 109 cm³/mol. The molecule has 2 aliphatic heterocycles. The predicted octanol–water partition coefficient (Wildman–Crippen LogP) is 1.14. The Morgan fingerprint density at radius 2 is 2.03 bits per heavy atom. The van der Waals surface area contributed by atoms with Crippen LogP contribution in [-0.2, 0) is 6.54 Å². The molecular formula is C20H19ClF2N4O5. The summed E-state index contributed by atoms with van der Waals surface area (Å²) in [5.74, 6) is -3.85. The molecule has 2 atom stereocenters. The number of halogens is 3. The minimum Gasteiger partial charge on any atom is -0.491 e. The summed E-state index contributed by atoms with van der Waals surface area (Å²) in [6.07, 6.45) is -1.75. The zero-order valence-electron chi connectivity index (χ0n) is 17.3. The molecule has 4 rings (SSSR count). The fourth-order valence-corrected chi connectivity index (χ4v) is 4.20. The molecule has 2 unspecified atom stereocenters. The number of aliphatic hydroxyl groups is 1. The number of nitrogens with zero attached hydrogens (tertiary/aromatic N) is 3. The van der Waals surface area contributed by atoms with Crippen molar-refractivity contribution < 1.29 is 28.2 Å². The van der Waals surface area contributed by atoms with Gasteiger partial charge in [-0.1, -0.05) is 11.6 Å². The Balaban J connectivity index is 1.83. The summed E-state index contributed by atoms with van der Waals surface area (Å²) in [6.45, 7) is 1.13. The average molecular weight is 469 g/mol. The van der Waals surface area contributed by atoms with Gasteiger partial charge in [0, 0.05) is 19.2 Å². The number of amides is 2. The Hall–Kier alpha value is -3.18. The smallest absolute Gasteiger partial charge is 0.277 e. The molecule has 2 aromatic rings. The summed E-state index contributed by atoms with van der Waals surface area (Å²) in [5, 5.41) is 14.3. The Morgan fingerprint density at radius 3 is 2.69 bits per heavy atom. The molecule has 9 nitrogen and oxygen atoms in total. The molecule has 0 radical (unpaired) electrons. The molecule has 0 spiro atoms. The van der Waals surface area contributed by atoms with E-state index in [-0.39, 0.29) is 28.7 Å². The molecule has 1 aromatic carbocycles. The second-order valence-electron chi connectivity index (χ2n) is 7.47. The molecule has 2 amide bonds. The first-order chi connectivity index (χ1) is 15.1. The van der Waals surface area contributed by atoms with Gasteiger partial charge >= 0.3 is 0 Å². The fourth-order valence-electron chi connectivity index (χ4n) is 4.02. The van der Waals surface area contributed by atoms with E-state index in [0.29, 0.717) is 0 Å². The van der Waals surface area contributed by atoms with Crippen molar-refractivity contribution in [1.82, 2.24) is 14.9 Å². The molecular weight excluding hydrogens is 450 g/mol. The highest BCUT2D eigenvalue weighted by Gasteiger charge is 2.46. The van der Waals surface area contributed by atoms with Gasteiger partial charge in [0.15, 0.2) is 11.4 Å². The normalized spacial score (nSPS) is 19.3. The highest BCUT2D eigenvalue weighted by molar-refractivity contribution is 6.30. The number of benzene rings is 1. The van der Waals surface area contributed by atoms with Gasteiger partial charge in [-0.2, -0.15) is 0 Å². The summed E-state index contributed by atoms with van der Waals surface area (Å²) >= 11 is 5.68. The van der Waals surface area contributed by atoms with Crippen LogP contribution in [0, 0.1) is 11.6 Å². The molecule has 0 saturated carbocycles. The van der Waals surface area contributed by atoms with Crippen molar-refractivity contribution in [2.45, 2.75) is 25.7 Å². The molecule has 0 bridgehead atoms. The summed E-state index contributed by atoms with van der Waals surface area (Å²) in [5.41, 5.74) is -2.10. The van der Waals surface area contributed by atoms with E-state index in [9.17, 15) is 28.3 Å². The number of aromatic nitrogens is 1. The number of nitrogens with one attached hydrogen (secondary N) is 1. The van der Waals surface area contributed by atoms with Gasteiger partial charge in [0.1, 0.15) is 29.5 Å². The van der Waals surface area contributed by atoms with Crippen molar-refractivity contribution in [2.24, 2.45) is 0 Å². The third-order valence-electron chi connectivity index (χ3n) is 5.79. The van der Waals surface area contributed by atoms with Crippen molar-refractivity contribution in [3.05, 3.63) is 61.5 Å². The molecule has 2 N–H and O–H groups in total. The Morgan fingerprint density at radius 1 is 1.34 bits per heavy atom. The van der Waals surface area contributed by atoms with Crippen LogP contribution in [0.5, 0.6) is 5.75 Å². The minimum atomic E-state index is -1.27. The van der Waals surface area contributed by atoms with Crippen LogP contribution in [-0.4, -0.2) is 53.4 Å². The zero-order valence-corrected chi connectivity index (χ0v) is 18.0. The first kappa shape index (κ1) is 22.0. The summed E-state index contributed by atoms with van der Waals surface area (Å²) in [4.78, 5) is 40.4. The van der Waals surface area contributed by atoms with Crippen LogP contribution in [0.25, 0.3) is 0 Å². The highest BCUT2D eigenvalue weighted by atomic mass is 35.5. The van der Waals surface area contributed by atoms with Crippen molar-refractivity contribution in [3.8, 4) is 5.75 Å². The number of aliphatic hydroxyl groups excluding tert-OH is 1. The first-order valence-corrected chi connectivity index (χ1v) is 9.97. The molecule has 32 heavy (non-hydrogen) atoms. The van der Waals surface area contributed by atoms with Crippen LogP contribution in [0.15, 0.2) is 16.9 Å². The zero-order chi connectivity index (χ0) is 23.5. The van der Waals surface area contributed by atoms with E-state index >= 15 is 0 Å². The third kappa shape index (κ3) is 3.03. The van der Waals surface area contributed by atoms with Gasteiger partial charge in [0.25, 0.3) is 11.8 Å². The minimum absolute atomic E-state index is 0.0101. The first-order valence-electron chi connectivity index (χ1n) is 9.59. The maximum Gasteiger partial charge on any atom is 0.277 e. The molecule has 12 heteroatoms. The van der Waals surface area contributed by atoms with E-state index in [1.165, 1.54) is 16.7 Å². The maximum absolute atomic E-state index is 14.2. The van der Waals surface area contributed by atoms with Gasteiger partial charge in [-0.15, -0.1) is 0 Å². The summed E-state index contributed by atoms with van der Waals surface area (Å²) < 4.78 is 34.7. The number of hydrogen-bond donors (Lipinski definition) is 2.